The molecule has 0 radical (unpaired) electrons. The van der Waals surface area contributed by atoms with Crippen molar-refractivity contribution in [1.82, 2.24) is 10.2 Å². The lowest BCUT2D eigenvalue weighted by molar-refractivity contribution is -0.130. The largest absolute Gasteiger partial charge is 0.335 e. The summed E-state index contributed by atoms with van der Waals surface area (Å²) in [6.45, 7) is 4.25. The molecule has 4 heteroatoms. The molecule has 2 aliphatic rings. The molecule has 18 heavy (non-hydrogen) atoms. The van der Waals surface area contributed by atoms with Crippen LogP contribution in [-0.4, -0.2) is 30.4 Å². The number of likely N-dealkylation sites (tertiary alicyclic amines) is 1. The van der Waals surface area contributed by atoms with E-state index in [9.17, 15) is 9.18 Å². The fraction of sp³-hybridized carbons (Fsp3) is 0.500. The number of carbonyl (C=O) groups is 1. The topological polar surface area (TPSA) is 32.3 Å². The SMILES string of the molecule is CC(=O)N1C[C@H]2CNC[C@H]2[C@H]1c1cccc(F)c1. The lowest BCUT2D eigenvalue weighted by Crippen LogP contribution is -2.32. The minimum Gasteiger partial charge on any atom is -0.335 e. The molecule has 3 nitrogen and oxygen atoms in total. The summed E-state index contributed by atoms with van der Waals surface area (Å²) in [5.41, 5.74) is 0.918. The molecule has 1 N–H and O–H groups in total. The molecule has 3 atom stereocenters. The molecule has 2 aliphatic heterocycles. The number of halogens is 1. The highest BCUT2D eigenvalue weighted by molar-refractivity contribution is 5.74. The van der Waals surface area contributed by atoms with Crippen LogP contribution in [0.4, 0.5) is 4.39 Å². The van der Waals surface area contributed by atoms with E-state index in [2.05, 4.69) is 5.32 Å². The number of hydrogen-bond donors (Lipinski definition) is 1. The lowest BCUT2D eigenvalue weighted by atomic mass is 9.89. The van der Waals surface area contributed by atoms with Crippen molar-refractivity contribution >= 4 is 5.91 Å². The maximum absolute atomic E-state index is 13.4. The Morgan fingerprint density at radius 3 is 3.00 bits per heavy atom. The third-order valence-electron chi connectivity index (χ3n) is 4.16. The molecule has 0 aliphatic carbocycles. The lowest BCUT2D eigenvalue weighted by Gasteiger charge is -2.27. The number of carbonyl (C=O) groups excluding carboxylic acids is 1. The van der Waals surface area contributed by atoms with Crippen LogP contribution in [0.2, 0.25) is 0 Å². The van der Waals surface area contributed by atoms with Gasteiger partial charge in [-0.05, 0) is 23.6 Å². The maximum Gasteiger partial charge on any atom is 0.219 e. The molecule has 2 heterocycles. The minimum absolute atomic E-state index is 0.0261. The summed E-state index contributed by atoms with van der Waals surface area (Å²) in [5, 5.41) is 3.37. The Kier molecular flexibility index (Phi) is 2.82. The van der Waals surface area contributed by atoms with Gasteiger partial charge in [0, 0.05) is 32.5 Å². The Morgan fingerprint density at radius 2 is 2.28 bits per heavy atom. The summed E-state index contributed by atoms with van der Waals surface area (Å²) in [6, 6.07) is 6.67. The molecule has 2 saturated heterocycles. The summed E-state index contributed by atoms with van der Waals surface area (Å²) in [5.74, 6) is 0.766. The molecule has 0 spiro atoms. The Hall–Kier alpha value is -1.42. The number of nitrogens with zero attached hydrogens (tertiary/aromatic N) is 1. The van der Waals surface area contributed by atoms with Gasteiger partial charge in [0.05, 0.1) is 6.04 Å². The van der Waals surface area contributed by atoms with Crippen LogP contribution in [0.1, 0.15) is 18.5 Å². The van der Waals surface area contributed by atoms with Gasteiger partial charge in [-0.1, -0.05) is 12.1 Å². The van der Waals surface area contributed by atoms with Crippen molar-refractivity contribution < 1.29 is 9.18 Å². The third kappa shape index (κ3) is 1.81. The molecule has 1 aromatic rings. The summed E-state index contributed by atoms with van der Waals surface area (Å²) >= 11 is 0. The van der Waals surface area contributed by atoms with Crippen molar-refractivity contribution in [3.63, 3.8) is 0 Å². The van der Waals surface area contributed by atoms with Crippen LogP contribution in [0, 0.1) is 17.7 Å². The average molecular weight is 248 g/mol. The van der Waals surface area contributed by atoms with E-state index in [0.717, 1.165) is 25.2 Å². The third-order valence-corrected chi connectivity index (χ3v) is 4.16. The van der Waals surface area contributed by atoms with Crippen LogP contribution in [-0.2, 0) is 4.79 Å². The predicted molar refractivity (Wildman–Crippen MR) is 66.4 cm³/mol. The highest BCUT2D eigenvalue weighted by Crippen LogP contribution is 2.42. The van der Waals surface area contributed by atoms with Crippen molar-refractivity contribution in [3.8, 4) is 0 Å². The van der Waals surface area contributed by atoms with E-state index < -0.39 is 0 Å². The van der Waals surface area contributed by atoms with Gasteiger partial charge in [-0.15, -0.1) is 0 Å². The van der Waals surface area contributed by atoms with Crippen LogP contribution in [0.15, 0.2) is 24.3 Å². The molecule has 0 saturated carbocycles. The van der Waals surface area contributed by atoms with Gasteiger partial charge < -0.3 is 10.2 Å². The number of nitrogens with one attached hydrogen (secondary N) is 1. The summed E-state index contributed by atoms with van der Waals surface area (Å²) in [6.07, 6.45) is 0. The number of fused-ring (bicyclic) bond motifs is 1. The first kappa shape index (κ1) is 11.7. The number of hydrogen-bond acceptors (Lipinski definition) is 2. The molecule has 2 fully saturated rings. The monoisotopic (exact) mass is 248 g/mol. The number of amides is 1. The molecule has 0 bridgehead atoms. The zero-order valence-electron chi connectivity index (χ0n) is 10.4. The van der Waals surface area contributed by atoms with Gasteiger partial charge >= 0.3 is 0 Å². The molecule has 96 valence electrons. The molecular formula is C14H17FN2O. The first-order valence-electron chi connectivity index (χ1n) is 6.40. The van der Waals surface area contributed by atoms with E-state index in [-0.39, 0.29) is 17.8 Å². The first-order valence-corrected chi connectivity index (χ1v) is 6.40. The highest BCUT2D eigenvalue weighted by Gasteiger charge is 2.45. The van der Waals surface area contributed by atoms with Crippen molar-refractivity contribution in [2.45, 2.75) is 13.0 Å². The van der Waals surface area contributed by atoms with Crippen LogP contribution < -0.4 is 5.32 Å². The maximum atomic E-state index is 13.4. The van der Waals surface area contributed by atoms with Crippen molar-refractivity contribution in [3.05, 3.63) is 35.6 Å². The normalized spacial score (nSPS) is 30.6. The van der Waals surface area contributed by atoms with E-state index in [1.54, 1.807) is 19.1 Å². The Morgan fingerprint density at radius 1 is 1.44 bits per heavy atom. The van der Waals surface area contributed by atoms with Gasteiger partial charge in [0.1, 0.15) is 5.82 Å². The van der Waals surface area contributed by atoms with Crippen LogP contribution >= 0.6 is 0 Å². The van der Waals surface area contributed by atoms with E-state index in [1.165, 1.54) is 6.07 Å². The van der Waals surface area contributed by atoms with Crippen LogP contribution in [0.25, 0.3) is 0 Å². The Balaban J connectivity index is 1.98. The zero-order chi connectivity index (χ0) is 12.7. The van der Waals surface area contributed by atoms with E-state index in [4.69, 9.17) is 0 Å². The Labute approximate surface area is 106 Å². The van der Waals surface area contributed by atoms with Gasteiger partial charge in [0.2, 0.25) is 5.91 Å². The fourth-order valence-electron chi connectivity index (χ4n) is 3.36. The van der Waals surface area contributed by atoms with Crippen molar-refractivity contribution in [1.29, 1.82) is 0 Å². The van der Waals surface area contributed by atoms with Crippen molar-refractivity contribution in [2.24, 2.45) is 11.8 Å². The standard InChI is InChI=1S/C14H17FN2O/c1-9(18)17-8-11-6-16-7-13(11)14(17)10-3-2-4-12(15)5-10/h2-5,11,13-14,16H,6-8H2,1H3/t11-,13-,14-/m1/s1. The fourth-order valence-corrected chi connectivity index (χ4v) is 3.36. The van der Waals surface area contributed by atoms with Gasteiger partial charge in [-0.2, -0.15) is 0 Å². The van der Waals surface area contributed by atoms with Gasteiger partial charge in [0.25, 0.3) is 0 Å². The molecule has 0 unspecified atom stereocenters. The zero-order valence-corrected chi connectivity index (χ0v) is 10.4. The van der Waals surface area contributed by atoms with E-state index >= 15 is 0 Å². The summed E-state index contributed by atoms with van der Waals surface area (Å²) in [7, 11) is 0. The molecular weight excluding hydrogens is 231 g/mol. The van der Waals surface area contributed by atoms with Crippen molar-refractivity contribution in [2.75, 3.05) is 19.6 Å². The summed E-state index contributed by atoms with van der Waals surface area (Å²) in [4.78, 5) is 13.7. The van der Waals surface area contributed by atoms with Crippen LogP contribution in [0.5, 0.6) is 0 Å². The molecule has 1 amide bonds. The van der Waals surface area contributed by atoms with Gasteiger partial charge in [0.15, 0.2) is 0 Å². The highest BCUT2D eigenvalue weighted by atomic mass is 19.1. The van der Waals surface area contributed by atoms with Gasteiger partial charge in [-0.3, -0.25) is 4.79 Å². The predicted octanol–water partition coefficient (Wildman–Crippen LogP) is 1.56. The molecule has 0 aromatic heterocycles. The summed E-state index contributed by atoms with van der Waals surface area (Å²) < 4.78 is 13.4. The molecule has 1 aromatic carbocycles. The van der Waals surface area contributed by atoms with E-state index in [0.29, 0.717) is 11.8 Å². The van der Waals surface area contributed by atoms with E-state index in [1.807, 2.05) is 11.0 Å². The molecule has 3 rings (SSSR count). The second-order valence-electron chi connectivity index (χ2n) is 5.25. The smallest absolute Gasteiger partial charge is 0.219 e. The van der Waals surface area contributed by atoms with Crippen LogP contribution in [0.3, 0.4) is 0 Å². The second-order valence-corrected chi connectivity index (χ2v) is 5.25. The first-order chi connectivity index (χ1) is 8.66. The second kappa shape index (κ2) is 4.35. The minimum atomic E-state index is -0.231. The number of benzene rings is 1. The number of rotatable bonds is 1. The van der Waals surface area contributed by atoms with Gasteiger partial charge in [-0.25, -0.2) is 4.39 Å². The average Bonchev–Trinajstić information content (AvgIpc) is 2.87. The quantitative estimate of drug-likeness (QED) is 0.818. The Bertz CT molecular complexity index is 477.